The van der Waals surface area contributed by atoms with Crippen molar-refractivity contribution < 1.29 is 19.7 Å². The van der Waals surface area contributed by atoms with Crippen LogP contribution in [0.3, 0.4) is 0 Å². The number of aliphatic hydroxyl groups excluding tert-OH is 1. The monoisotopic (exact) mass is 305 g/mol. The minimum Gasteiger partial charge on any atom is -0.487 e. The van der Waals surface area contributed by atoms with Gasteiger partial charge >= 0.3 is 5.97 Å². The molecule has 1 aromatic heterocycles. The van der Waals surface area contributed by atoms with Gasteiger partial charge in [0.25, 0.3) is 0 Å². The lowest BCUT2D eigenvalue weighted by atomic mass is 10.1. The topological polar surface area (TPSA) is 97.5 Å². The molecular weight excluding hydrogens is 286 g/mol. The quantitative estimate of drug-likeness (QED) is 0.805. The van der Waals surface area contributed by atoms with E-state index < -0.39 is 5.97 Å². The summed E-state index contributed by atoms with van der Waals surface area (Å²) in [4.78, 5) is 11.2. The standard InChI is InChI=1S/C15H19N3O4/c1-10-4-5-11(2)13(8-10)22-9-12-14(15(20)21)16-17-18(12)6-3-7-19/h4-5,8,19H,3,6-7,9H2,1-2H3,(H,20,21). The third kappa shape index (κ3) is 3.62. The van der Waals surface area contributed by atoms with Crippen molar-refractivity contribution in [2.75, 3.05) is 6.61 Å². The molecule has 22 heavy (non-hydrogen) atoms. The molecule has 0 fully saturated rings. The molecule has 0 spiro atoms. The fourth-order valence-corrected chi connectivity index (χ4v) is 2.05. The number of carbonyl (C=O) groups is 1. The van der Waals surface area contributed by atoms with Crippen LogP contribution in [0, 0.1) is 13.8 Å². The van der Waals surface area contributed by atoms with Crippen LogP contribution in [0.15, 0.2) is 18.2 Å². The molecule has 2 aromatic rings. The number of aliphatic hydroxyl groups is 1. The largest absolute Gasteiger partial charge is 0.487 e. The van der Waals surface area contributed by atoms with Gasteiger partial charge in [-0.25, -0.2) is 9.48 Å². The number of aromatic carboxylic acids is 1. The van der Waals surface area contributed by atoms with Gasteiger partial charge in [-0.2, -0.15) is 0 Å². The zero-order valence-corrected chi connectivity index (χ0v) is 12.6. The number of ether oxygens (including phenoxy) is 1. The first-order valence-corrected chi connectivity index (χ1v) is 6.99. The molecule has 0 aliphatic rings. The molecule has 0 radical (unpaired) electrons. The summed E-state index contributed by atoms with van der Waals surface area (Å²) in [6, 6.07) is 5.83. The Kier molecular flexibility index (Phi) is 5.11. The zero-order chi connectivity index (χ0) is 16.1. The molecule has 0 atom stereocenters. The summed E-state index contributed by atoms with van der Waals surface area (Å²) >= 11 is 0. The van der Waals surface area contributed by atoms with Gasteiger partial charge in [0.1, 0.15) is 18.1 Å². The lowest BCUT2D eigenvalue weighted by Gasteiger charge is -2.11. The van der Waals surface area contributed by atoms with Gasteiger partial charge in [-0.05, 0) is 37.5 Å². The summed E-state index contributed by atoms with van der Waals surface area (Å²) in [6.07, 6.45) is 0.471. The number of aromatic nitrogens is 3. The van der Waals surface area contributed by atoms with Gasteiger partial charge in [0.05, 0.1) is 0 Å². The van der Waals surface area contributed by atoms with Crippen molar-refractivity contribution >= 4 is 5.97 Å². The van der Waals surface area contributed by atoms with Gasteiger partial charge in [0.2, 0.25) is 0 Å². The highest BCUT2D eigenvalue weighted by atomic mass is 16.5. The molecular formula is C15H19N3O4. The maximum absolute atomic E-state index is 11.2. The van der Waals surface area contributed by atoms with E-state index in [2.05, 4.69) is 10.3 Å². The number of carboxylic acid groups (broad SMARTS) is 1. The van der Waals surface area contributed by atoms with E-state index in [1.54, 1.807) is 0 Å². The molecule has 0 aliphatic heterocycles. The van der Waals surface area contributed by atoms with Crippen molar-refractivity contribution in [1.82, 2.24) is 15.0 Å². The van der Waals surface area contributed by atoms with Crippen LogP contribution in [-0.4, -0.2) is 37.8 Å². The second-order valence-electron chi connectivity index (χ2n) is 5.05. The second-order valence-corrected chi connectivity index (χ2v) is 5.05. The number of carboxylic acids is 1. The van der Waals surface area contributed by atoms with Crippen LogP contribution >= 0.6 is 0 Å². The molecule has 1 heterocycles. The predicted molar refractivity (Wildman–Crippen MR) is 78.9 cm³/mol. The molecule has 0 unspecified atom stereocenters. The summed E-state index contributed by atoms with van der Waals surface area (Å²) in [5.74, 6) is -0.443. The van der Waals surface area contributed by atoms with Crippen LogP contribution in [0.1, 0.15) is 33.7 Å². The van der Waals surface area contributed by atoms with Crippen LogP contribution in [0.4, 0.5) is 0 Å². The first-order valence-electron chi connectivity index (χ1n) is 6.99. The van der Waals surface area contributed by atoms with E-state index in [1.165, 1.54) is 4.68 Å². The fourth-order valence-electron chi connectivity index (χ4n) is 2.05. The third-order valence-electron chi connectivity index (χ3n) is 3.28. The van der Waals surface area contributed by atoms with Crippen molar-refractivity contribution in [3.8, 4) is 5.75 Å². The highest BCUT2D eigenvalue weighted by Gasteiger charge is 2.19. The number of aryl methyl sites for hydroxylation is 3. The van der Waals surface area contributed by atoms with Crippen LogP contribution in [0.2, 0.25) is 0 Å². The highest BCUT2D eigenvalue weighted by Crippen LogP contribution is 2.21. The molecule has 1 aromatic carbocycles. The summed E-state index contributed by atoms with van der Waals surface area (Å²) in [5.41, 5.74) is 2.30. The normalized spacial score (nSPS) is 10.7. The zero-order valence-electron chi connectivity index (χ0n) is 12.6. The predicted octanol–water partition coefficient (Wildman–Crippen LogP) is 1.55. The summed E-state index contributed by atoms with van der Waals surface area (Å²) < 4.78 is 7.21. The lowest BCUT2D eigenvalue weighted by molar-refractivity contribution is 0.0687. The maximum Gasteiger partial charge on any atom is 0.358 e. The Morgan fingerprint density at radius 2 is 2.14 bits per heavy atom. The maximum atomic E-state index is 11.2. The van der Waals surface area contributed by atoms with E-state index in [0.717, 1.165) is 11.1 Å². The van der Waals surface area contributed by atoms with Crippen molar-refractivity contribution in [3.05, 3.63) is 40.7 Å². The number of hydrogen-bond donors (Lipinski definition) is 2. The molecule has 0 amide bonds. The van der Waals surface area contributed by atoms with Gasteiger partial charge in [-0.3, -0.25) is 0 Å². The number of nitrogens with zero attached hydrogens (tertiary/aromatic N) is 3. The van der Waals surface area contributed by atoms with E-state index in [0.29, 0.717) is 24.4 Å². The smallest absolute Gasteiger partial charge is 0.358 e. The minimum atomic E-state index is -1.14. The highest BCUT2D eigenvalue weighted by molar-refractivity contribution is 5.86. The van der Waals surface area contributed by atoms with E-state index in [9.17, 15) is 9.90 Å². The van der Waals surface area contributed by atoms with Crippen molar-refractivity contribution in [2.45, 2.75) is 33.4 Å². The number of rotatable bonds is 7. The first-order chi connectivity index (χ1) is 10.5. The second kappa shape index (κ2) is 7.04. The molecule has 0 aliphatic carbocycles. The van der Waals surface area contributed by atoms with E-state index in [4.69, 9.17) is 9.84 Å². The third-order valence-corrected chi connectivity index (χ3v) is 3.28. The van der Waals surface area contributed by atoms with E-state index in [-0.39, 0.29) is 18.9 Å². The first kappa shape index (κ1) is 16.0. The molecule has 7 heteroatoms. The average molecular weight is 305 g/mol. The fraction of sp³-hybridized carbons (Fsp3) is 0.400. The molecule has 0 saturated heterocycles. The summed E-state index contributed by atoms with van der Waals surface area (Å²) in [5, 5.41) is 25.6. The van der Waals surface area contributed by atoms with E-state index >= 15 is 0 Å². The molecule has 7 nitrogen and oxygen atoms in total. The molecule has 0 saturated carbocycles. The lowest BCUT2D eigenvalue weighted by Crippen LogP contribution is -2.12. The van der Waals surface area contributed by atoms with Crippen molar-refractivity contribution in [3.63, 3.8) is 0 Å². The Morgan fingerprint density at radius 1 is 1.36 bits per heavy atom. The Morgan fingerprint density at radius 3 is 2.82 bits per heavy atom. The van der Waals surface area contributed by atoms with Crippen molar-refractivity contribution in [2.24, 2.45) is 0 Å². The molecule has 0 bridgehead atoms. The Labute approximate surface area is 128 Å². The Hall–Kier alpha value is -2.41. The van der Waals surface area contributed by atoms with Gasteiger partial charge in [-0.1, -0.05) is 17.3 Å². The van der Waals surface area contributed by atoms with Crippen LogP contribution in [0.5, 0.6) is 5.75 Å². The molecule has 118 valence electrons. The SMILES string of the molecule is Cc1ccc(C)c(OCc2c(C(=O)O)nnn2CCCO)c1. The number of hydrogen-bond acceptors (Lipinski definition) is 5. The average Bonchev–Trinajstić information content (AvgIpc) is 2.89. The van der Waals surface area contributed by atoms with Crippen LogP contribution < -0.4 is 4.74 Å². The van der Waals surface area contributed by atoms with Gasteiger partial charge in [-0.15, -0.1) is 5.10 Å². The van der Waals surface area contributed by atoms with Gasteiger partial charge < -0.3 is 14.9 Å². The van der Waals surface area contributed by atoms with Gasteiger partial charge in [0, 0.05) is 13.2 Å². The summed E-state index contributed by atoms with van der Waals surface area (Å²) in [6.45, 7) is 4.34. The summed E-state index contributed by atoms with van der Waals surface area (Å²) in [7, 11) is 0. The van der Waals surface area contributed by atoms with Crippen LogP contribution in [-0.2, 0) is 13.2 Å². The molecule has 2 rings (SSSR count). The van der Waals surface area contributed by atoms with E-state index in [1.807, 2.05) is 32.0 Å². The Balaban J connectivity index is 2.21. The number of benzene rings is 1. The van der Waals surface area contributed by atoms with Gasteiger partial charge in [0.15, 0.2) is 5.69 Å². The molecule has 2 N–H and O–H groups in total. The van der Waals surface area contributed by atoms with Crippen molar-refractivity contribution in [1.29, 1.82) is 0 Å². The minimum absolute atomic E-state index is 0.000446. The van der Waals surface area contributed by atoms with Crippen LogP contribution in [0.25, 0.3) is 0 Å². The Bertz CT molecular complexity index is 667.